The molecule has 1 heterocycles. The second-order valence-electron chi connectivity index (χ2n) is 4.99. The molecule has 94 valence electrons. The summed E-state index contributed by atoms with van der Waals surface area (Å²) in [5.41, 5.74) is 3.09. The molecule has 1 aromatic carbocycles. The summed E-state index contributed by atoms with van der Waals surface area (Å²) in [6.07, 6.45) is 4.87. The van der Waals surface area contributed by atoms with Crippen LogP contribution in [-0.2, 0) is 19.3 Å². The van der Waals surface area contributed by atoms with Crippen LogP contribution in [0.2, 0.25) is 0 Å². The minimum absolute atomic E-state index is 0.667. The van der Waals surface area contributed by atoms with Gasteiger partial charge in [-0.3, -0.25) is 0 Å². The first-order chi connectivity index (χ1) is 8.92. The minimum Gasteiger partial charge on any atom is -0.313 e. The normalized spacial score (nSPS) is 18.6. The lowest BCUT2D eigenvalue weighted by Crippen LogP contribution is -2.35. The van der Waals surface area contributed by atoms with Gasteiger partial charge in [-0.05, 0) is 48.3 Å². The van der Waals surface area contributed by atoms with Crippen molar-refractivity contribution in [1.29, 1.82) is 0 Å². The summed E-state index contributed by atoms with van der Waals surface area (Å²) in [4.78, 5) is 1.48. The fourth-order valence-electron chi connectivity index (χ4n) is 2.73. The van der Waals surface area contributed by atoms with Gasteiger partial charge in [0.25, 0.3) is 0 Å². The van der Waals surface area contributed by atoms with Crippen molar-refractivity contribution in [2.24, 2.45) is 0 Å². The van der Waals surface area contributed by atoms with Gasteiger partial charge in [0.1, 0.15) is 0 Å². The van der Waals surface area contributed by atoms with Crippen LogP contribution in [0.4, 0.5) is 0 Å². The largest absolute Gasteiger partial charge is 0.313 e. The van der Waals surface area contributed by atoms with E-state index < -0.39 is 0 Å². The lowest BCUT2D eigenvalue weighted by molar-refractivity contribution is 0.462. The Morgan fingerprint density at radius 2 is 2.00 bits per heavy atom. The van der Waals surface area contributed by atoms with Gasteiger partial charge in [-0.25, -0.2) is 0 Å². The number of hydrogen-bond acceptors (Lipinski definition) is 2. The van der Waals surface area contributed by atoms with Crippen LogP contribution in [0.5, 0.6) is 0 Å². The third-order valence-corrected chi connectivity index (χ3v) is 4.67. The van der Waals surface area contributed by atoms with E-state index in [1.54, 1.807) is 5.56 Å². The zero-order chi connectivity index (χ0) is 12.2. The van der Waals surface area contributed by atoms with Gasteiger partial charge in [-0.1, -0.05) is 30.3 Å². The second-order valence-corrected chi connectivity index (χ2v) is 6.02. The molecule has 1 N–H and O–H groups in total. The van der Waals surface area contributed by atoms with E-state index in [-0.39, 0.29) is 0 Å². The molecule has 0 radical (unpaired) electrons. The highest BCUT2D eigenvalue weighted by molar-refractivity contribution is 7.09. The van der Waals surface area contributed by atoms with Gasteiger partial charge in [0, 0.05) is 17.5 Å². The van der Waals surface area contributed by atoms with Crippen molar-refractivity contribution < 1.29 is 0 Å². The molecule has 0 amide bonds. The Morgan fingerprint density at radius 1 is 1.11 bits per heavy atom. The van der Waals surface area contributed by atoms with Crippen LogP contribution >= 0.6 is 11.3 Å². The zero-order valence-electron chi connectivity index (χ0n) is 10.6. The Bertz CT molecular complexity index is 490. The van der Waals surface area contributed by atoms with Crippen molar-refractivity contribution in [3.05, 3.63) is 57.8 Å². The predicted octanol–water partition coefficient (Wildman–Crippen LogP) is 3.44. The van der Waals surface area contributed by atoms with Crippen molar-refractivity contribution >= 4 is 11.3 Å². The van der Waals surface area contributed by atoms with Crippen molar-refractivity contribution in [1.82, 2.24) is 5.32 Å². The Balaban J connectivity index is 1.51. The molecule has 0 aliphatic heterocycles. The molecule has 1 aliphatic carbocycles. The van der Waals surface area contributed by atoms with Crippen molar-refractivity contribution in [3.63, 3.8) is 0 Å². The monoisotopic (exact) mass is 257 g/mol. The average molecular weight is 257 g/mol. The molecule has 1 atom stereocenters. The maximum absolute atomic E-state index is 3.71. The van der Waals surface area contributed by atoms with Crippen LogP contribution in [0.3, 0.4) is 0 Å². The number of nitrogens with one attached hydrogen (secondary N) is 1. The van der Waals surface area contributed by atoms with Crippen LogP contribution in [0.25, 0.3) is 0 Å². The zero-order valence-corrected chi connectivity index (χ0v) is 11.4. The summed E-state index contributed by atoms with van der Waals surface area (Å²) < 4.78 is 0. The maximum atomic E-state index is 3.71. The highest BCUT2D eigenvalue weighted by atomic mass is 32.1. The lowest BCUT2D eigenvalue weighted by Gasteiger charge is -2.25. The van der Waals surface area contributed by atoms with Gasteiger partial charge in [0.15, 0.2) is 0 Å². The van der Waals surface area contributed by atoms with Gasteiger partial charge in [0.2, 0.25) is 0 Å². The van der Waals surface area contributed by atoms with E-state index in [2.05, 4.69) is 47.1 Å². The summed E-state index contributed by atoms with van der Waals surface area (Å²) in [6, 6.07) is 13.9. The molecule has 3 rings (SSSR count). The quantitative estimate of drug-likeness (QED) is 0.885. The Labute approximate surface area is 113 Å². The van der Waals surface area contributed by atoms with E-state index in [0.29, 0.717) is 6.04 Å². The van der Waals surface area contributed by atoms with E-state index >= 15 is 0 Å². The fraction of sp³-hybridized carbons (Fsp3) is 0.375. The maximum Gasteiger partial charge on any atom is 0.0111 e. The first-order valence-electron chi connectivity index (χ1n) is 6.74. The number of aryl methyl sites for hydroxylation is 1. The molecule has 1 aromatic heterocycles. The average Bonchev–Trinajstić information content (AvgIpc) is 2.92. The van der Waals surface area contributed by atoms with Gasteiger partial charge in [-0.2, -0.15) is 0 Å². The summed E-state index contributed by atoms with van der Waals surface area (Å²) in [5.74, 6) is 0. The molecule has 18 heavy (non-hydrogen) atoms. The molecule has 1 aliphatic rings. The summed E-state index contributed by atoms with van der Waals surface area (Å²) in [5, 5.41) is 5.87. The Hall–Kier alpha value is -1.12. The van der Waals surface area contributed by atoms with E-state index in [1.807, 2.05) is 11.3 Å². The van der Waals surface area contributed by atoms with Crippen LogP contribution in [-0.4, -0.2) is 12.6 Å². The second kappa shape index (κ2) is 5.68. The smallest absolute Gasteiger partial charge is 0.0111 e. The highest BCUT2D eigenvalue weighted by Crippen LogP contribution is 2.21. The van der Waals surface area contributed by atoms with Crippen LogP contribution < -0.4 is 5.32 Å². The molecule has 2 heteroatoms. The standard InChI is InChI=1S/C16H19NS/c1-2-5-14-12-15(8-7-13(14)4-1)17-10-9-16-6-3-11-18-16/h1-6,11,15,17H,7-10,12H2. The number of thiophene rings is 1. The first kappa shape index (κ1) is 11.9. The number of rotatable bonds is 4. The predicted molar refractivity (Wildman–Crippen MR) is 78.3 cm³/mol. The highest BCUT2D eigenvalue weighted by Gasteiger charge is 2.17. The van der Waals surface area contributed by atoms with E-state index in [0.717, 1.165) is 13.0 Å². The summed E-state index contributed by atoms with van der Waals surface area (Å²) in [6.45, 7) is 1.10. The first-order valence-corrected chi connectivity index (χ1v) is 7.62. The molecular weight excluding hydrogens is 238 g/mol. The van der Waals surface area contributed by atoms with E-state index in [1.165, 1.54) is 29.7 Å². The molecule has 0 bridgehead atoms. The number of benzene rings is 1. The van der Waals surface area contributed by atoms with E-state index in [9.17, 15) is 0 Å². The molecule has 0 fully saturated rings. The van der Waals surface area contributed by atoms with Crippen LogP contribution in [0, 0.1) is 0 Å². The third-order valence-electron chi connectivity index (χ3n) is 3.73. The Kier molecular flexibility index (Phi) is 3.77. The topological polar surface area (TPSA) is 12.0 Å². The SMILES string of the molecule is c1csc(CCNC2CCc3ccccc3C2)c1. The molecule has 0 saturated carbocycles. The van der Waals surface area contributed by atoms with Gasteiger partial charge < -0.3 is 5.32 Å². The summed E-state index contributed by atoms with van der Waals surface area (Å²) >= 11 is 1.86. The number of hydrogen-bond donors (Lipinski definition) is 1. The lowest BCUT2D eigenvalue weighted by atomic mass is 9.88. The summed E-state index contributed by atoms with van der Waals surface area (Å²) in [7, 11) is 0. The molecule has 2 aromatic rings. The molecule has 1 unspecified atom stereocenters. The van der Waals surface area contributed by atoms with Crippen LogP contribution in [0.15, 0.2) is 41.8 Å². The van der Waals surface area contributed by atoms with Gasteiger partial charge >= 0.3 is 0 Å². The molecule has 0 saturated heterocycles. The Morgan fingerprint density at radius 3 is 2.83 bits per heavy atom. The van der Waals surface area contributed by atoms with Gasteiger partial charge in [-0.15, -0.1) is 11.3 Å². The van der Waals surface area contributed by atoms with Crippen molar-refractivity contribution in [2.75, 3.05) is 6.54 Å². The van der Waals surface area contributed by atoms with Crippen LogP contribution in [0.1, 0.15) is 22.4 Å². The van der Waals surface area contributed by atoms with Crippen molar-refractivity contribution in [2.45, 2.75) is 31.7 Å². The molecular formula is C16H19NS. The molecule has 0 spiro atoms. The minimum atomic E-state index is 0.667. The van der Waals surface area contributed by atoms with E-state index in [4.69, 9.17) is 0 Å². The van der Waals surface area contributed by atoms with Gasteiger partial charge in [0.05, 0.1) is 0 Å². The number of fused-ring (bicyclic) bond motifs is 1. The third kappa shape index (κ3) is 2.82. The molecule has 1 nitrogen and oxygen atoms in total. The fourth-order valence-corrected chi connectivity index (χ4v) is 3.44. The van der Waals surface area contributed by atoms with Crippen molar-refractivity contribution in [3.8, 4) is 0 Å².